The summed E-state index contributed by atoms with van der Waals surface area (Å²) < 4.78 is 20.2. The average Bonchev–Trinajstić information content (AvgIpc) is 3.22. The fourth-order valence-electron chi connectivity index (χ4n) is 3.73. The van der Waals surface area contributed by atoms with Gasteiger partial charge in [-0.15, -0.1) is 0 Å². The molecule has 0 spiro atoms. The van der Waals surface area contributed by atoms with Crippen LogP contribution in [0, 0.1) is 18.3 Å². The van der Waals surface area contributed by atoms with Crippen molar-refractivity contribution in [3.63, 3.8) is 0 Å². The van der Waals surface area contributed by atoms with E-state index in [4.69, 9.17) is 4.52 Å². The number of carbonyl (C=O) groups is 1. The number of nitrogens with zero attached hydrogens (tertiary/aromatic N) is 4. The third-order valence-electron chi connectivity index (χ3n) is 5.73. The van der Waals surface area contributed by atoms with E-state index in [1.165, 1.54) is 0 Å². The molecular formula is C26H26N5O3P. The number of carbonyl (C=O) groups excluding carboxylic acids is 1. The Morgan fingerprint density at radius 2 is 1.86 bits per heavy atom. The largest absolute Gasteiger partial charge is 0.443 e. The molecule has 0 aliphatic heterocycles. The normalized spacial score (nSPS) is 11.3. The molecule has 2 heterocycles. The molecule has 0 aliphatic rings. The van der Waals surface area contributed by atoms with Crippen molar-refractivity contribution in [3.8, 4) is 11.8 Å². The lowest BCUT2D eigenvalue weighted by Gasteiger charge is -2.16. The maximum absolute atomic E-state index is 13.2. The maximum Gasteiger partial charge on any atom is 0.291 e. The third-order valence-corrected chi connectivity index (χ3v) is 8.21. The zero-order valence-electron chi connectivity index (χ0n) is 19.9. The van der Waals surface area contributed by atoms with Gasteiger partial charge in [0.2, 0.25) is 13.2 Å². The van der Waals surface area contributed by atoms with E-state index < -0.39 is 7.37 Å². The van der Waals surface area contributed by atoms with Crippen molar-refractivity contribution >= 4 is 30.0 Å². The highest BCUT2D eigenvalue weighted by molar-refractivity contribution is 7.59. The number of imidazole rings is 1. The van der Waals surface area contributed by atoms with Crippen LogP contribution in [0.1, 0.15) is 41.3 Å². The topological polar surface area (TPSA) is 110 Å². The molecule has 0 unspecified atom stereocenters. The van der Waals surface area contributed by atoms with Gasteiger partial charge >= 0.3 is 0 Å². The summed E-state index contributed by atoms with van der Waals surface area (Å²) in [6.45, 7) is 5.95. The van der Waals surface area contributed by atoms with Crippen LogP contribution in [0.4, 0.5) is 5.69 Å². The van der Waals surface area contributed by atoms with Crippen LogP contribution in [-0.4, -0.2) is 32.8 Å². The van der Waals surface area contributed by atoms with E-state index in [2.05, 4.69) is 21.4 Å². The molecule has 2 aromatic heterocycles. The molecule has 1 N–H and O–H groups in total. The first kappa shape index (κ1) is 24.2. The van der Waals surface area contributed by atoms with E-state index in [0.29, 0.717) is 41.4 Å². The number of pyridine rings is 1. The highest BCUT2D eigenvalue weighted by atomic mass is 31.2. The van der Waals surface area contributed by atoms with Gasteiger partial charge in [-0.2, -0.15) is 5.26 Å². The number of fused-ring (bicyclic) bond motifs is 1. The number of rotatable bonds is 8. The molecular weight excluding hydrogens is 461 g/mol. The number of nitriles is 1. The fraction of sp³-hybridized carbons (Fsp3) is 0.231. The van der Waals surface area contributed by atoms with Crippen molar-refractivity contribution in [1.82, 2.24) is 14.5 Å². The third kappa shape index (κ3) is 5.42. The van der Waals surface area contributed by atoms with Gasteiger partial charge in [-0.1, -0.05) is 26.0 Å². The van der Waals surface area contributed by atoms with Crippen LogP contribution >= 0.6 is 7.37 Å². The number of anilines is 1. The van der Waals surface area contributed by atoms with E-state index in [-0.39, 0.29) is 11.7 Å². The van der Waals surface area contributed by atoms with Crippen LogP contribution in [0.3, 0.4) is 0 Å². The van der Waals surface area contributed by atoms with E-state index in [9.17, 15) is 14.6 Å². The first-order chi connectivity index (χ1) is 16.8. The number of benzene rings is 2. The maximum atomic E-state index is 13.2. The lowest BCUT2D eigenvalue weighted by molar-refractivity contribution is 0.101. The molecule has 0 atom stereocenters. The van der Waals surface area contributed by atoms with Gasteiger partial charge in [0.25, 0.3) is 5.91 Å². The summed E-state index contributed by atoms with van der Waals surface area (Å²) in [5, 5.41) is 12.2. The Bertz CT molecular complexity index is 1460. The molecule has 1 amide bonds. The second kappa shape index (κ2) is 10.1. The van der Waals surface area contributed by atoms with Gasteiger partial charge < -0.3 is 14.4 Å². The van der Waals surface area contributed by atoms with Crippen molar-refractivity contribution < 1.29 is 13.9 Å². The lowest BCUT2D eigenvalue weighted by atomic mass is 10.2. The fourth-order valence-corrected chi connectivity index (χ4v) is 4.94. The van der Waals surface area contributed by atoms with Crippen molar-refractivity contribution in [3.05, 3.63) is 83.4 Å². The molecule has 0 saturated heterocycles. The quantitative estimate of drug-likeness (QED) is 0.324. The van der Waals surface area contributed by atoms with Crippen LogP contribution in [0.25, 0.3) is 11.0 Å². The van der Waals surface area contributed by atoms with Gasteiger partial charge in [-0.05, 0) is 55.0 Å². The highest BCUT2D eigenvalue weighted by Gasteiger charge is 2.20. The summed E-state index contributed by atoms with van der Waals surface area (Å²) >= 11 is 0. The summed E-state index contributed by atoms with van der Waals surface area (Å²) in [5.74, 6) is 0.421. The van der Waals surface area contributed by atoms with Crippen molar-refractivity contribution in [2.75, 3.05) is 17.6 Å². The summed E-state index contributed by atoms with van der Waals surface area (Å²) in [7, 11) is -2.67. The number of aryl methyl sites for hydroxylation is 1. The number of amides is 1. The smallest absolute Gasteiger partial charge is 0.291 e. The van der Waals surface area contributed by atoms with Gasteiger partial charge in [0, 0.05) is 36.4 Å². The SMILES string of the molecule is CCP(=O)(CC)Oc1ccc(Cn2c(C(=O)Nc3ccnc(C)c3)nc3cc(C#N)ccc32)cc1. The summed E-state index contributed by atoms with van der Waals surface area (Å²) in [4.78, 5) is 21.9. The summed E-state index contributed by atoms with van der Waals surface area (Å²) in [6, 6.07) is 18.1. The van der Waals surface area contributed by atoms with Gasteiger partial charge in [0.05, 0.1) is 22.7 Å². The minimum atomic E-state index is -2.67. The van der Waals surface area contributed by atoms with Crippen LogP contribution in [0.5, 0.6) is 5.75 Å². The highest BCUT2D eigenvalue weighted by Crippen LogP contribution is 2.46. The van der Waals surface area contributed by atoms with Crippen LogP contribution in [0.2, 0.25) is 0 Å². The van der Waals surface area contributed by atoms with E-state index >= 15 is 0 Å². The Hall–Kier alpha value is -3.95. The second-order valence-corrected chi connectivity index (χ2v) is 11.2. The molecule has 0 radical (unpaired) electrons. The lowest BCUT2D eigenvalue weighted by Crippen LogP contribution is -2.19. The predicted octanol–water partition coefficient (Wildman–Crippen LogP) is 5.61. The van der Waals surface area contributed by atoms with Crippen LogP contribution in [0.15, 0.2) is 60.8 Å². The minimum Gasteiger partial charge on any atom is -0.443 e. The van der Waals surface area contributed by atoms with Crippen molar-refractivity contribution in [2.45, 2.75) is 27.3 Å². The minimum absolute atomic E-state index is 0.228. The average molecular weight is 488 g/mol. The zero-order chi connectivity index (χ0) is 25.0. The molecule has 0 bridgehead atoms. The molecule has 35 heavy (non-hydrogen) atoms. The standard InChI is InChI=1S/C26H26N5O3P/c1-4-35(33,5-2)34-22-9-6-19(7-10-22)17-31-24-11-8-20(16-27)15-23(24)30-25(31)26(32)29-21-12-13-28-18(3)14-21/h6-15H,4-5,17H2,1-3H3,(H,28,29,32). The van der Waals surface area contributed by atoms with Crippen LogP contribution < -0.4 is 9.84 Å². The van der Waals surface area contributed by atoms with E-state index in [0.717, 1.165) is 16.8 Å². The van der Waals surface area contributed by atoms with E-state index in [1.807, 2.05) is 37.5 Å². The Morgan fingerprint density at radius 3 is 2.51 bits per heavy atom. The van der Waals surface area contributed by atoms with Crippen LogP contribution in [-0.2, 0) is 11.1 Å². The van der Waals surface area contributed by atoms with Crippen molar-refractivity contribution in [1.29, 1.82) is 5.26 Å². The van der Waals surface area contributed by atoms with Gasteiger partial charge in [0.15, 0.2) is 0 Å². The van der Waals surface area contributed by atoms with Gasteiger partial charge in [-0.3, -0.25) is 14.3 Å². The number of hydrogen-bond acceptors (Lipinski definition) is 6. The molecule has 2 aromatic carbocycles. The first-order valence-electron chi connectivity index (χ1n) is 11.3. The Morgan fingerprint density at radius 1 is 1.11 bits per heavy atom. The van der Waals surface area contributed by atoms with Gasteiger partial charge in [-0.25, -0.2) is 4.98 Å². The monoisotopic (exact) mass is 487 g/mol. The zero-order valence-corrected chi connectivity index (χ0v) is 20.8. The Labute approximate surface area is 204 Å². The Balaban J connectivity index is 1.67. The predicted molar refractivity (Wildman–Crippen MR) is 136 cm³/mol. The second-order valence-electron chi connectivity index (χ2n) is 8.16. The number of nitrogens with one attached hydrogen (secondary N) is 1. The van der Waals surface area contributed by atoms with Gasteiger partial charge in [0.1, 0.15) is 5.75 Å². The summed E-state index contributed by atoms with van der Waals surface area (Å²) in [5.41, 5.74) is 4.09. The summed E-state index contributed by atoms with van der Waals surface area (Å²) in [6.07, 6.45) is 2.59. The molecule has 178 valence electrons. The molecule has 0 saturated carbocycles. The number of aromatic nitrogens is 3. The molecule has 4 rings (SSSR count). The number of hydrogen-bond donors (Lipinski definition) is 1. The molecule has 8 nitrogen and oxygen atoms in total. The van der Waals surface area contributed by atoms with E-state index in [1.54, 1.807) is 48.7 Å². The molecule has 9 heteroatoms. The Kier molecular flexibility index (Phi) is 6.99. The molecule has 4 aromatic rings. The molecule has 0 fully saturated rings. The van der Waals surface area contributed by atoms with Crippen molar-refractivity contribution in [2.24, 2.45) is 0 Å². The molecule has 0 aliphatic carbocycles. The first-order valence-corrected chi connectivity index (χ1v) is 13.3.